The van der Waals surface area contributed by atoms with Crippen LogP contribution in [0.4, 0.5) is 0 Å². The lowest BCUT2D eigenvalue weighted by atomic mass is 9.99. The first-order valence-electron chi connectivity index (χ1n) is 15.7. The fraction of sp³-hybridized carbons (Fsp3) is 1.00. The Morgan fingerprint density at radius 2 is 0.681 bits per heavy atom. The van der Waals surface area contributed by atoms with Crippen LogP contribution >= 0.6 is 11.8 Å². The van der Waals surface area contributed by atoms with Gasteiger partial charge in [0.2, 0.25) is 0 Å². The van der Waals surface area contributed by atoms with E-state index in [1.54, 1.807) is 11.8 Å². The van der Waals surface area contributed by atoms with Gasteiger partial charge < -0.3 is 88.2 Å². The minimum absolute atomic E-state index is 0.0810. The Labute approximate surface area is 278 Å². The molecule has 2 aliphatic heterocycles. The highest BCUT2D eigenvalue weighted by Crippen LogP contribution is 2.22. The highest BCUT2D eigenvalue weighted by Gasteiger charge is 2.45. The lowest BCUT2D eigenvalue weighted by Gasteiger charge is -2.39. The molecule has 0 aromatic heterocycles. The van der Waals surface area contributed by atoms with Gasteiger partial charge in [0.25, 0.3) is 0 Å². The van der Waals surface area contributed by atoms with Gasteiger partial charge in [-0.05, 0) is 0 Å². The summed E-state index contributed by atoms with van der Waals surface area (Å²) in [5.41, 5.74) is 0. The molecule has 0 bridgehead atoms. The van der Waals surface area contributed by atoms with E-state index < -0.39 is 74.6 Å². The minimum atomic E-state index is -1.48. The van der Waals surface area contributed by atoms with Gasteiger partial charge in [0, 0.05) is 11.5 Å². The third-order valence-electron chi connectivity index (χ3n) is 6.95. The van der Waals surface area contributed by atoms with Crippen LogP contribution in [-0.4, -0.2) is 219 Å². The monoisotopic (exact) mass is 710 g/mol. The van der Waals surface area contributed by atoms with Gasteiger partial charge in [-0.1, -0.05) is 0 Å². The second-order valence-electron chi connectivity index (χ2n) is 10.4. The Morgan fingerprint density at radius 3 is 1.00 bits per heavy atom. The van der Waals surface area contributed by atoms with E-state index in [2.05, 4.69) is 0 Å². The Bertz CT molecular complexity index is 684. The Hall–Kier alpha value is -0.370. The normalized spacial score (nSPS) is 31.4. The van der Waals surface area contributed by atoms with Crippen molar-refractivity contribution in [1.29, 1.82) is 0 Å². The van der Waals surface area contributed by atoms with Gasteiger partial charge >= 0.3 is 0 Å². The van der Waals surface area contributed by atoms with E-state index in [4.69, 9.17) is 47.4 Å². The van der Waals surface area contributed by atoms with Gasteiger partial charge in [0.15, 0.2) is 12.6 Å². The zero-order valence-corrected chi connectivity index (χ0v) is 27.4. The van der Waals surface area contributed by atoms with Gasteiger partial charge in [-0.2, -0.15) is 11.8 Å². The molecule has 0 amide bonds. The molecule has 280 valence electrons. The molecule has 19 heteroatoms. The molecule has 0 aromatic carbocycles. The molecule has 0 radical (unpaired) electrons. The average Bonchev–Trinajstić information content (AvgIpc) is 3.07. The molecule has 2 aliphatic rings. The van der Waals surface area contributed by atoms with Crippen LogP contribution in [-0.2, 0) is 47.4 Å². The van der Waals surface area contributed by atoms with E-state index in [0.29, 0.717) is 66.1 Å². The second kappa shape index (κ2) is 26.4. The highest BCUT2D eigenvalue weighted by molar-refractivity contribution is 7.99. The number of hydrogen-bond acceptors (Lipinski definition) is 19. The van der Waals surface area contributed by atoms with Crippen LogP contribution in [0.25, 0.3) is 0 Å². The fourth-order valence-electron chi connectivity index (χ4n) is 4.28. The fourth-order valence-corrected chi connectivity index (χ4v) is 4.95. The van der Waals surface area contributed by atoms with Crippen molar-refractivity contribution in [2.75, 3.05) is 117 Å². The molecule has 2 rings (SSSR count). The van der Waals surface area contributed by atoms with E-state index in [9.17, 15) is 40.9 Å². The maximum atomic E-state index is 9.90. The predicted octanol–water partition coefficient (Wildman–Crippen LogP) is -4.55. The zero-order chi connectivity index (χ0) is 34.3. The lowest BCUT2D eigenvalue weighted by molar-refractivity contribution is -0.302. The first-order chi connectivity index (χ1) is 22.8. The topological polar surface area (TPSA) is 254 Å². The standard InChI is InChI=1S/C28H54O18S/c29-17-19-21(31)23(33)25(35)27(45-19)43-11-9-39-3-1-37-5-7-41-13-15-47-16-14-42-8-6-38-2-4-40-10-12-44-28-26(36)24(34)22(32)20(18-30)46-28/h19-36H,1-18H2/t19-,20-,21-,22-,23+,24+,25-,26-,27-,28-/m1/s1. The number of hydrogen-bond donors (Lipinski definition) is 8. The van der Waals surface area contributed by atoms with Crippen LogP contribution in [0.1, 0.15) is 0 Å². The third-order valence-corrected chi connectivity index (χ3v) is 7.86. The number of rotatable bonds is 28. The largest absolute Gasteiger partial charge is 0.394 e. The van der Waals surface area contributed by atoms with Crippen molar-refractivity contribution in [3.8, 4) is 0 Å². The first kappa shape index (κ1) is 42.8. The van der Waals surface area contributed by atoms with E-state index in [1.165, 1.54) is 0 Å². The summed E-state index contributed by atoms with van der Waals surface area (Å²) < 4.78 is 53.8. The highest BCUT2D eigenvalue weighted by atomic mass is 32.2. The van der Waals surface area contributed by atoms with Crippen molar-refractivity contribution in [2.24, 2.45) is 0 Å². The SMILES string of the molecule is OC[C@H]1O[C@@H](OCCOCCOCCOCCSCCOCCOCCOCCO[C@@H]2O[C@H](CO)[C@@H](O)[C@H](O)[C@H]2O)[C@H](O)[C@@H](O)[C@@H]1O. The zero-order valence-electron chi connectivity index (χ0n) is 26.6. The Kier molecular flexibility index (Phi) is 24.1. The van der Waals surface area contributed by atoms with E-state index in [1.807, 2.05) is 0 Å². The van der Waals surface area contributed by atoms with Crippen LogP contribution in [0.2, 0.25) is 0 Å². The molecule has 0 aliphatic carbocycles. The van der Waals surface area contributed by atoms with Gasteiger partial charge in [-0.15, -0.1) is 0 Å². The summed E-state index contributed by atoms with van der Waals surface area (Å²) in [5, 5.41) is 77.1. The number of thioether (sulfide) groups is 1. The van der Waals surface area contributed by atoms with Crippen molar-refractivity contribution in [3.63, 3.8) is 0 Å². The van der Waals surface area contributed by atoms with Crippen molar-refractivity contribution in [1.82, 2.24) is 0 Å². The van der Waals surface area contributed by atoms with Gasteiger partial charge in [-0.3, -0.25) is 0 Å². The van der Waals surface area contributed by atoms with Crippen molar-refractivity contribution < 1.29 is 88.2 Å². The smallest absolute Gasteiger partial charge is 0.186 e. The van der Waals surface area contributed by atoms with Crippen LogP contribution in [0.15, 0.2) is 0 Å². The molecular weight excluding hydrogens is 656 g/mol. The molecule has 0 saturated carbocycles. The van der Waals surface area contributed by atoms with Gasteiger partial charge in [0.1, 0.15) is 48.8 Å². The molecular formula is C28H54O18S. The van der Waals surface area contributed by atoms with E-state index in [0.717, 1.165) is 11.5 Å². The first-order valence-corrected chi connectivity index (χ1v) is 16.9. The Morgan fingerprint density at radius 1 is 0.383 bits per heavy atom. The number of aliphatic hydroxyl groups is 8. The summed E-state index contributed by atoms with van der Waals surface area (Å²) in [6.45, 7) is 3.91. The average molecular weight is 711 g/mol. The summed E-state index contributed by atoms with van der Waals surface area (Å²) >= 11 is 1.71. The summed E-state index contributed by atoms with van der Waals surface area (Å²) in [6.07, 6.45) is -13.1. The van der Waals surface area contributed by atoms with Crippen molar-refractivity contribution in [3.05, 3.63) is 0 Å². The molecule has 0 aromatic rings. The van der Waals surface area contributed by atoms with Crippen molar-refractivity contribution in [2.45, 2.75) is 61.4 Å². The van der Waals surface area contributed by atoms with Crippen molar-refractivity contribution >= 4 is 11.8 Å². The third kappa shape index (κ3) is 16.9. The second-order valence-corrected chi connectivity index (χ2v) is 11.6. The Balaban J connectivity index is 1.25. The lowest BCUT2D eigenvalue weighted by Crippen LogP contribution is -2.59. The molecule has 47 heavy (non-hydrogen) atoms. The minimum Gasteiger partial charge on any atom is -0.394 e. The number of aliphatic hydroxyl groups excluding tert-OH is 8. The molecule has 10 atom stereocenters. The summed E-state index contributed by atoms with van der Waals surface area (Å²) in [4.78, 5) is 0. The summed E-state index contributed by atoms with van der Waals surface area (Å²) in [5.74, 6) is 1.66. The summed E-state index contributed by atoms with van der Waals surface area (Å²) in [6, 6.07) is 0. The van der Waals surface area contributed by atoms with Crippen LogP contribution in [0.5, 0.6) is 0 Å². The molecule has 18 nitrogen and oxygen atoms in total. The van der Waals surface area contributed by atoms with Gasteiger partial charge in [-0.25, -0.2) is 0 Å². The quantitative estimate of drug-likeness (QED) is 0.0356. The maximum Gasteiger partial charge on any atom is 0.186 e. The molecule has 8 N–H and O–H groups in total. The van der Waals surface area contributed by atoms with Crippen LogP contribution < -0.4 is 0 Å². The summed E-state index contributed by atoms with van der Waals surface area (Å²) in [7, 11) is 0. The number of ether oxygens (including phenoxy) is 10. The molecule has 0 spiro atoms. The van der Waals surface area contributed by atoms with Crippen LogP contribution in [0, 0.1) is 0 Å². The van der Waals surface area contributed by atoms with Gasteiger partial charge in [0.05, 0.1) is 106 Å². The molecule has 0 unspecified atom stereocenters. The van der Waals surface area contributed by atoms with E-state index in [-0.39, 0.29) is 26.4 Å². The maximum absolute atomic E-state index is 9.90. The molecule has 2 fully saturated rings. The van der Waals surface area contributed by atoms with Crippen LogP contribution in [0.3, 0.4) is 0 Å². The molecule has 2 heterocycles. The molecule has 2 saturated heterocycles. The predicted molar refractivity (Wildman–Crippen MR) is 162 cm³/mol. The van der Waals surface area contributed by atoms with E-state index >= 15 is 0 Å².